The summed E-state index contributed by atoms with van der Waals surface area (Å²) in [7, 11) is 2.83. The lowest BCUT2D eigenvalue weighted by Gasteiger charge is -2.19. The molecule has 21 heavy (non-hydrogen) atoms. The van der Waals surface area contributed by atoms with Crippen molar-refractivity contribution in [3.63, 3.8) is 0 Å². The third-order valence-corrected chi connectivity index (χ3v) is 3.46. The molecule has 0 heterocycles. The van der Waals surface area contributed by atoms with Gasteiger partial charge in [0.15, 0.2) is 0 Å². The molecule has 0 unspecified atom stereocenters. The Bertz CT molecular complexity index is 516. The Morgan fingerprint density at radius 2 is 2.00 bits per heavy atom. The summed E-state index contributed by atoms with van der Waals surface area (Å²) in [5, 5.41) is 0. The van der Waals surface area contributed by atoms with Crippen LogP contribution in [-0.2, 0) is 19.1 Å². The van der Waals surface area contributed by atoms with Crippen LogP contribution in [0.3, 0.4) is 0 Å². The van der Waals surface area contributed by atoms with Crippen LogP contribution >= 0.6 is 15.9 Å². The molecule has 0 saturated carbocycles. The van der Waals surface area contributed by atoms with E-state index in [0.717, 1.165) is 10.0 Å². The summed E-state index contributed by atoms with van der Waals surface area (Å²) < 4.78 is 10.4. The number of hydrogen-bond acceptors (Lipinski definition) is 4. The zero-order chi connectivity index (χ0) is 15.7. The maximum absolute atomic E-state index is 12.1. The van der Waals surface area contributed by atoms with E-state index < -0.39 is 5.97 Å². The van der Waals surface area contributed by atoms with Crippen molar-refractivity contribution in [2.24, 2.45) is 0 Å². The molecule has 6 heteroatoms. The van der Waals surface area contributed by atoms with E-state index >= 15 is 0 Å². The molecule has 0 saturated heterocycles. The van der Waals surface area contributed by atoms with E-state index in [-0.39, 0.29) is 12.5 Å². The lowest BCUT2D eigenvalue weighted by atomic mass is 10.2. The minimum Gasteiger partial charge on any atom is -0.468 e. The van der Waals surface area contributed by atoms with Crippen LogP contribution in [-0.4, -0.2) is 50.7 Å². The molecule has 0 aliphatic rings. The van der Waals surface area contributed by atoms with Gasteiger partial charge in [-0.15, -0.1) is 0 Å². The van der Waals surface area contributed by atoms with E-state index in [1.165, 1.54) is 25.2 Å². The number of ether oxygens (including phenoxy) is 2. The number of benzene rings is 1. The summed E-state index contributed by atoms with van der Waals surface area (Å²) >= 11 is 3.41. The highest BCUT2D eigenvalue weighted by Gasteiger charge is 2.15. The van der Waals surface area contributed by atoms with Crippen molar-refractivity contribution in [1.82, 2.24) is 4.90 Å². The van der Waals surface area contributed by atoms with Gasteiger partial charge in [-0.05, 0) is 17.7 Å². The van der Waals surface area contributed by atoms with Crippen molar-refractivity contribution in [3.05, 3.63) is 40.4 Å². The molecule has 1 aromatic carbocycles. The van der Waals surface area contributed by atoms with Crippen molar-refractivity contribution in [2.75, 3.05) is 33.9 Å². The number of esters is 1. The monoisotopic (exact) mass is 355 g/mol. The molecule has 1 amide bonds. The zero-order valence-corrected chi connectivity index (χ0v) is 13.6. The van der Waals surface area contributed by atoms with Gasteiger partial charge in [-0.2, -0.15) is 0 Å². The van der Waals surface area contributed by atoms with Crippen LogP contribution < -0.4 is 0 Å². The molecule has 0 aliphatic heterocycles. The lowest BCUT2D eigenvalue weighted by molar-refractivity contribution is -0.145. The van der Waals surface area contributed by atoms with Crippen LogP contribution in [0.25, 0.3) is 6.08 Å². The van der Waals surface area contributed by atoms with Gasteiger partial charge in [0.25, 0.3) is 0 Å². The number of amides is 1. The van der Waals surface area contributed by atoms with Crippen molar-refractivity contribution in [3.8, 4) is 0 Å². The predicted molar refractivity (Wildman–Crippen MR) is 83.6 cm³/mol. The molecule has 0 spiro atoms. The van der Waals surface area contributed by atoms with E-state index in [1.807, 2.05) is 24.3 Å². The molecule has 0 bridgehead atoms. The summed E-state index contributed by atoms with van der Waals surface area (Å²) in [6.45, 7) is 0.579. The number of rotatable bonds is 7. The van der Waals surface area contributed by atoms with Crippen molar-refractivity contribution >= 4 is 33.9 Å². The highest BCUT2D eigenvalue weighted by Crippen LogP contribution is 2.17. The van der Waals surface area contributed by atoms with Gasteiger partial charge in [-0.1, -0.05) is 34.1 Å². The second kappa shape index (κ2) is 9.31. The van der Waals surface area contributed by atoms with Gasteiger partial charge >= 0.3 is 5.97 Å². The van der Waals surface area contributed by atoms with Gasteiger partial charge in [0.1, 0.15) is 6.54 Å². The van der Waals surface area contributed by atoms with Crippen molar-refractivity contribution in [1.29, 1.82) is 0 Å². The molecule has 0 atom stereocenters. The molecular formula is C15H18BrNO4. The van der Waals surface area contributed by atoms with Gasteiger partial charge in [-0.3, -0.25) is 9.59 Å². The van der Waals surface area contributed by atoms with Gasteiger partial charge in [-0.25, -0.2) is 0 Å². The minimum absolute atomic E-state index is 0.0982. The van der Waals surface area contributed by atoms with Crippen molar-refractivity contribution < 1.29 is 19.1 Å². The Morgan fingerprint density at radius 3 is 2.62 bits per heavy atom. The first kappa shape index (κ1) is 17.4. The topological polar surface area (TPSA) is 55.8 Å². The first-order valence-corrected chi connectivity index (χ1v) is 7.15. The molecule has 0 aliphatic carbocycles. The van der Waals surface area contributed by atoms with Gasteiger partial charge in [0.05, 0.1) is 13.7 Å². The summed E-state index contributed by atoms with van der Waals surface area (Å²) in [5.41, 5.74) is 0.885. The Kier molecular flexibility index (Phi) is 7.71. The summed E-state index contributed by atoms with van der Waals surface area (Å²) in [6.07, 6.45) is 3.13. The SMILES string of the molecule is COCCN(CC(=O)OC)C(=O)/C=C/c1ccccc1Br. The van der Waals surface area contributed by atoms with E-state index in [9.17, 15) is 9.59 Å². The summed E-state index contributed by atoms with van der Waals surface area (Å²) in [5.74, 6) is -0.734. The van der Waals surface area contributed by atoms with E-state index in [1.54, 1.807) is 6.08 Å². The molecule has 1 rings (SSSR count). The number of methoxy groups -OCH3 is 2. The normalized spacial score (nSPS) is 10.6. The summed E-state index contributed by atoms with van der Waals surface area (Å²) in [4.78, 5) is 24.9. The van der Waals surface area contributed by atoms with Gasteiger partial charge in [0, 0.05) is 24.2 Å². The second-order valence-corrected chi connectivity index (χ2v) is 5.04. The average Bonchev–Trinajstić information content (AvgIpc) is 2.50. The standard InChI is InChI=1S/C15H18BrNO4/c1-20-10-9-17(11-15(19)21-2)14(18)8-7-12-5-3-4-6-13(12)16/h3-8H,9-11H2,1-2H3/b8-7+. The number of carbonyl (C=O) groups excluding carboxylic acids is 2. The fourth-order valence-electron chi connectivity index (χ4n) is 1.57. The highest BCUT2D eigenvalue weighted by atomic mass is 79.9. The van der Waals surface area contributed by atoms with Crippen LogP contribution in [0.15, 0.2) is 34.8 Å². The second-order valence-electron chi connectivity index (χ2n) is 4.18. The molecule has 5 nitrogen and oxygen atoms in total. The minimum atomic E-state index is -0.464. The lowest BCUT2D eigenvalue weighted by Crippen LogP contribution is -2.37. The Morgan fingerprint density at radius 1 is 1.29 bits per heavy atom. The van der Waals surface area contributed by atoms with Crippen molar-refractivity contribution in [2.45, 2.75) is 0 Å². The van der Waals surface area contributed by atoms with E-state index in [0.29, 0.717) is 13.2 Å². The average molecular weight is 356 g/mol. The largest absolute Gasteiger partial charge is 0.468 e. The fraction of sp³-hybridized carbons (Fsp3) is 0.333. The molecular weight excluding hydrogens is 338 g/mol. The first-order chi connectivity index (χ1) is 10.1. The molecule has 0 aromatic heterocycles. The maximum Gasteiger partial charge on any atom is 0.325 e. The number of hydrogen-bond donors (Lipinski definition) is 0. The van der Waals surface area contributed by atoms with Gasteiger partial charge < -0.3 is 14.4 Å². The Balaban J connectivity index is 2.75. The number of carbonyl (C=O) groups is 2. The number of halogens is 1. The molecule has 0 radical (unpaired) electrons. The Labute approximate surface area is 132 Å². The smallest absolute Gasteiger partial charge is 0.325 e. The summed E-state index contributed by atoms with van der Waals surface area (Å²) in [6, 6.07) is 7.55. The zero-order valence-electron chi connectivity index (χ0n) is 12.0. The quantitative estimate of drug-likeness (QED) is 0.555. The molecule has 1 aromatic rings. The van der Waals surface area contributed by atoms with Crippen LogP contribution in [0, 0.1) is 0 Å². The molecule has 0 fully saturated rings. The first-order valence-electron chi connectivity index (χ1n) is 6.35. The molecule has 114 valence electrons. The highest BCUT2D eigenvalue weighted by molar-refractivity contribution is 9.10. The van der Waals surface area contributed by atoms with Gasteiger partial charge in [0.2, 0.25) is 5.91 Å². The third kappa shape index (κ3) is 6.10. The van der Waals surface area contributed by atoms with Crippen LogP contribution in [0.1, 0.15) is 5.56 Å². The van der Waals surface area contributed by atoms with Crippen LogP contribution in [0.5, 0.6) is 0 Å². The third-order valence-electron chi connectivity index (χ3n) is 2.74. The van der Waals surface area contributed by atoms with E-state index in [2.05, 4.69) is 20.7 Å². The maximum atomic E-state index is 12.1. The number of nitrogens with zero attached hydrogens (tertiary/aromatic N) is 1. The Hall–Kier alpha value is -1.66. The van der Waals surface area contributed by atoms with Crippen LogP contribution in [0.2, 0.25) is 0 Å². The molecule has 0 N–H and O–H groups in total. The van der Waals surface area contributed by atoms with Crippen LogP contribution in [0.4, 0.5) is 0 Å². The van der Waals surface area contributed by atoms with E-state index in [4.69, 9.17) is 4.74 Å². The predicted octanol–water partition coefficient (Wildman–Crippen LogP) is 2.11. The fourth-order valence-corrected chi connectivity index (χ4v) is 1.98.